The van der Waals surface area contributed by atoms with Crippen molar-refractivity contribution in [2.24, 2.45) is 11.8 Å². The van der Waals surface area contributed by atoms with Crippen molar-refractivity contribution in [1.29, 1.82) is 0 Å². The maximum absolute atomic E-state index is 11.7. The molecule has 5 aromatic carbocycles. The van der Waals surface area contributed by atoms with E-state index in [0.717, 1.165) is 58.7 Å². The van der Waals surface area contributed by atoms with E-state index in [2.05, 4.69) is 165 Å². The molecule has 1 radical (unpaired) electrons. The van der Waals surface area contributed by atoms with Gasteiger partial charge in [0.15, 0.2) is 5.78 Å². The van der Waals surface area contributed by atoms with Crippen molar-refractivity contribution in [2.75, 3.05) is 0 Å². The second-order valence-corrected chi connectivity index (χ2v) is 22.7. The van der Waals surface area contributed by atoms with Gasteiger partial charge in [0.05, 0.1) is 11.1 Å². The fourth-order valence-corrected chi connectivity index (χ4v) is 14.7. The number of fused-ring (bicyclic) bond motifs is 2. The molecule has 0 aliphatic rings. The number of nitrogens with zero attached hydrogens (tertiary/aromatic N) is 1. The first-order valence-corrected chi connectivity index (χ1v) is 25.0. The summed E-state index contributed by atoms with van der Waals surface area (Å²) in [6.45, 7) is 28.1. The van der Waals surface area contributed by atoms with Crippen molar-refractivity contribution < 1.29 is 34.4 Å². The van der Waals surface area contributed by atoms with E-state index in [0.29, 0.717) is 0 Å². The number of rotatable bonds is 12. The van der Waals surface area contributed by atoms with Crippen molar-refractivity contribution in [1.82, 2.24) is 4.98 Å². The standard InChI is InChI=1S/C45H44NOSi.C13H24O2.Ir/c1-28-16-29(2)20-37(19-28)48(38-21-30(3)17-31(4)22-38,39-23-32(5)18-33(6)24-39)42-27-35-14-15-46-43(44(35)47-42)36-25-34-12-10-11-13-40(34)41(26-36)45(7,8)9;1-5-10(6-2)12(14)9-13(15)11(7-3)8-4;/h10-24,26-27H,1-9H3;9-11,14H,5-8H2,1-4H3;/q-1;;/b;12-9-;. The molecule has 4 nitrogen and oxygen atoms in total. The number of hydrogen-bond acceptors (Lipinski definition) is 4. The number of pyridine rings is 1. The normalized spacial score (nSPS) is 12.1. The fourth-order valence-electron chi connectivity index (χ4n) is 9.60. The number of aliphatic hydroxyl groups is 1. The van der Waals surface area contributed by atoms with Crippen LogP contribution >= 0.6 is 0 Å². The Balaban J connectivity index is 0.000000415. The molecule has 7 rings (SSSR count). The summed E-state index contributed by atoms with van der Waals surface area (Å²) in [6, 6.07) is 40.2. The molecule has 0 aliphatic carbocycles. The number of carbonyl (C=O) groups is 1. The second-order valence-electron chi connectivity index (χ2n) is 19.0. The van der Waals surface area contributed by atoms with E-state index in [1.165, 1.54) is 66.0 Å². The van der Waals surface area contributed by atoms with Crippen LogP contribution in [0.1, 0.15) is 113 Å². The SMILES string of the molecule is CCC(CC)C(=O)/C=C(\O)C(CC)CC.Cc1cc(C)cc([Si](c2cc(C)cc(C)c2)(c2cc(C)cc(C)c2)c2cc3ccnc(-c4[c-]c5ccccc5c(C(C)(C)C)c4)c3o2)c1.[Ir]. The number of aromatic nitrogens is 1. The number of hydrogen-bond donors (Lipinski definition) is 1. The zero-order valence-corrected chi connectivity index (χ0v) is 43.8. The molecule has 0 unspecified atom stereocenters. The Morgan fingerprint density at radius 3 is 1.61 bits per heavy atom. The van der Waals surface area contributed by atoms with Crippen molar-refractivity contribution in [3.8, 4) is 11.3 Å². The van der Waals surface area contributed by atoms with Gasteiger partial charge in [0.2, 0.25) is 8.07 Å². The number of allylic oxidation sites excluding steroid dienone is 2. The summed E-state index contributed by atoms with van der Waals surface area (Å²) in [6.07, 6.45) is 6.83. The molecular weight excluding hydrogens is 979 g/mol. The first kappa shape index (κ1) is 50.1. The van der Waals surface area contributed by atoms with Crippen LogP contribution in [-0.2, 0) is 30.3 Å². The molecule has 0 spiro atoms. The first-order valence-electron chi connectivity index (χ1n) is 23.0. The molecule has 2 aromatic heterocycles. The number of aliphatic hydroxyl groups excluding tert-OH is 1. The third-order valence-corrected chi connectivity index (χ3v) is 17.1. The fraction of sp³-hybridized carbons (Fsp3) is 0.345. The maximum atomic E-state index is 11.7. The molecule has 0 fully saturated rings. The number of aryl methyl sites for hydroxylation is 6. The average molecular weight is 1050 g/mol. The summed E-state index contributed by atoms with van der Waals surface area (Å²) in [5, 5.41) is 18.1. The van der Waals surface area contributed by atoms with Crippen molar-refractivity contribution in [3.05, 3.63) is 160 Å². The van der Waals surface area contributed by atoms with Gasteiger partial charge < -0.3 is 9.52 Å². The van der Waals surface area contributed by atoms with Gasteiger partial charge in [0.25, 0.3) is 0 Å². The van der Waals surface area contributed by atoms with Crippen LogP contribution in [0.4, 0.5) is 0 Å². The first-order chi connectivity index (χ1) is 29.9. The van der Waals surface area contributed by atoms with Gasteiger partial charge in [-0.3, -0.25) is 9.78 Å². The van der Waals surface area contributed by atoms with Gasteiger partial charge in [-0.1, -0.05) is 166 Å². The van der Waals surface area contributed by atoms with E-state index in [-0.39, 0.29) is 48.9 Å². The minimum Gasteiger partial charge on any atom is -0.512 e. The van der Waals surface area contributed by atoms with Gasteiger partial charge in [-0.05, 0) is 100 Å². The molecule has 7 aromatic rings. The van der Waals surface area contributed by atoms with E-state index >= 15 is 0 Å². The summed E-state index contributed by atoms with van der Waals surface area (Å²) in [7, 11) is -2.98. The third kappa shape index (κ3) is 10.6. The molecule has 0 atom stereocenters. The van der Waals surface area contributed by atoms with Crippen LogP contribution in [0.2, 0.25) is 0 Å². The summed E-state index contributed by atoms with van der Waals surface area (Å²) < 4.78 is 7.34. The Labute approximate surface area is 398 Å². The number of furan rings is 1. The number of carbonyl (C=O) groups excluding carboxylic acids is 1. The minimum absolute atomic E-state index is 0. The van der Waals surface area contributed by atoms with Crippen LogP contribution in [0.3, 0.4) is 0 Å². The van der Waals surface area contributed by atoms with Crippen LogP contribution in [0.25, 0.3) is 33.0 Å². The van der Waals surface area contributed by atoms with Crippen molar-refractivity contribution >= 4 is 56.5 Å². The van der Waals surface area contributed by atoms with Gasteiger partial charge >= 0.3 is 0 Å². The Bertz CT molecular complexity index is 2600. The topological polar surface area (TPSA) is 63.3 Å². The largest absolute Gasteiger partial charge is 0.512 e. The molecule has 6 heteroatoms. The molecule has 0 aliphatic heterocycles. The molecule has 1 N–H and O–H groups in total. The van der Waals surface area contributed by atoms with Gasteiger partial charge in [0.1, 0.15) is 5.58 Å². The predicted octanol–water partition coefficient (Wildman–Crippen LogP) is 12.8. The quantitative estimate of drug-likeness (QED) is 0.0435. The van der Waals surface area contributed by atoms with E-state index < -0.39 is 8.07 Å². The molecule has 0 saturated carbocycles. The van der Waals surface area contributed by atoms with E-state index in [1.807, 2.05) is 33.9 Å². The van der Waals surface area contributed by atoms with Crippen molar-refractivity contribution in [2.45, 2.75) is 121 Å². The third-order valence-electron chi connectivity index (χ3n) is 12.7. The molecule has 337 valence electrons. The molecule has 0 amide bonds. The average Bonchev–Trinajstić information content (AvgIpc) is 3.65. The van der Waals surface area contributed by atoms with Crippen LogP contribution < -0.4 is 20.9 Å². The van der Waals surface area contributed by atoms with Crippen LogP contribution in [0, 0.1) is 59.4 Å². The Hall–Kier alpha value is -4.87. The van der Waals surface area contributed by atoms with Gasteiger partial charge in [-0.2, -0.15) is 0 Å². The van der Waals surface area contributed by atoms with Crippen LogP contribution in [0.15, 0.2) is 120 Å². The maximum Gasteiger partial charge on any atom is 0.223 e. The smallest absolute Gasteiger partial charge is 0.223 e. The Morgan fingerprint density at radius 2 is 1.16 bits per heavy atom. The number of benzene rings is 5. The minimum atomic E-state index is -2.98. The molecule has 0 bridgehead atoms. The second kappa shape index (κ2) is 21.0. The Morgan fingerprint density at radius 1 is 0.688 bits per heavy atom. The van der Waals surface area contributed by atoms with Gasteiger partial charge in [-0.15, -0.1) is 29.1 Å². The molecular formula is C58H68IrNO3Si-. The zero-order chi connectivity index (χ0) is 45.8. The summed E-state index contributed by atoms with van der Waals surface area (Å²) in [4.78, 5) is 16.7. The molecule has 64 heavy (non-hydrogen) atoms. The Kier molecular flexibility index (Phi) is 16.4. The van der Waals surface area contributed by atoms with Gasteiger partial charge in [0, 0.05) is 55.3 Å². The predicted molar refractivity (Wildman–Crippen MR) is 270 cm³/mol. The monoisotopic (exact) mass is 1050 g/mol. The van der Waals surface area contributed by atoms with Crippen molar-refractivity contribution in [3.63, 3.8) is 0 Å². The molecule has 2 heterocycles. The molecule has 0 saturated heterocycles. The van der Waals surface area contributed by atoms with E-state index in [4.69, 9.17) is 9.40 Å². The van der Waals surface area contributed by atoms with Crippen LogP contribution in [0.5, 0.6) is 0 Å². The van der Waals surface area contributed by atoms with E-state index in [1.54, 1.807) is 0 Å². The van der Waals surface area contributed by atoms with Crippen LogP contribution in [-0.4, -0.2) is 23.9 Å². The summed E-state index contributed by atoms with van der Waals surface area (Å²) in [5.41, 5.74) is 11.4. The van der Waals surface area contributed by atoms with E-state index in [9.17, 15) is 9.90 Å². The number of ketones is 1. The summed E-state index contributed by atoms with van der Waals surface area (Å²) >= 11 is 0. The summed E-state index contributed by atoms with van der Waals surface area (Å²) in [5.74, 6) is 0.547. The zero-order valence-electron chi connectivity index (χ0n) is 40.4. The van der Waals surface area contributed by atoms with Gasteiger partial charge in [-0.25, -0.2) is 0 Å².